The lowest BCUT2D eigenvalue weighted by atomic mass is 10.2. The molecule has 156 valence electrons. The molecule has 0 spiro atoms. The number of halogens is 2. The fourth-order valence-corrected chi connectivity index (χ4v) is 2.76. The van der Waals surface area contributed by atoms with Crippen molar-refractivity contribution in [3.05, 3.63) is 71.7 Å². The highest BCUT2D eigenvalue weighted by molar-refractivity contribution is 5.88. The van der Waals surface area contributed by atoms with Crippen LogP contribution in [-0.4, -0.2) is 15.9 Å². The summed E-state index contributed by atoms with van der Waals surface area (Å²) < 4.78 is 33.4. The lowest BCUT2D eigenvalue weighted by molar-refractivity contribution is -0.114. The van der Waals surface area contributed by atoms with Crippen LogP contribution < -0.4 is 15.4 Å². The minimum atomic E-state index is -3.07. The van der Waals surface area contributed by atoms with Gasteiger partial charge in [0.25, 0.3) is 5.92 Å². The maximum atomic E-state index is 13.8. The summed E-state index contributed by atoms with van der Waals surface area (Å²) in [6, 6.07) is 14.1. The summed E-state index contributed by atoms with van der Waals surface area (Å²) >= 11 is 0. The van der Waals surface area contributed by atoms with Crippen LogP contribution in [0.25, 0.3) is 0 Å². The number of anilines is 3. The van der Waals surface area contributed by atoms with E-state index in [1.54, 1.807) is 19.1 Å². The van der Waals surface area contributed by atoms with Gasteiger partial charge in [0.05, 0.1) is 11.9 Å². The van der Waals surface area contributed by atoms with E-state index in [-0.39, 0.29) is 11.6 Å². The van der Waals surface area contributed by atoms with Crippen molar-refractivity contribution in [1.82, 2.24) is 9.97 Å². The number of amides is 1. The molecule has 0 aliphatic heterocycles. The van der Waals surface area contributed by atoms with Crippen LogP contribution in [-0.2, 0) is 17.3 Å². The Morgan fingerprint density at radius 3 is 2.57 bits per heavy atom. The minimum Gasteiger partial charge on any atom is -0.485 e. The molecule has 3 aromatic rings. The highest BCUT2D eigenvalue weighted by atomic mass is 19.3. The zero-order chi connectivity index (χ0) is 21.7. The highest BCUT2D eigenvalue weighted by Gasteiger charge is 2.27. The Labute approximate surface area is 173 Å². The van der Waals surface area contributed by atoms with Crippen LogP contribution in [0, 0.1) is 6.92 Å². The van der Waals surface area contributed by atoms with Crippen LogP contribution in [0.3, 0.4) is 0 Å². The van der Waals surface area contributed by atoms with Crippen molar-refractivity contribution in [2.75, 3.05) is 10.6 Å². The van der Waals surface area contributed by atoms with Crippen LogP contribution >= 0.6 is 0 Å². The smallest absolute Gasteiger partial charge is 0.287 e. The molecule has 1 amide bonds. The zero-order valence-electron chi connectivity index (χ0n) is 16.9. The summed E-state index contributed by atoms with van der Waals surface area (Å²) in [7, 11) is 0. The third kappa shape index (κ3) is 5.73. The maximum absolute atomic E-state index is 13.8. The molecule has 0 unspecified atom stereocenters. The van der Waals surface area contributed by atoms with Gasteiger partial charge in [-0.3, -0.25) is 9.78 Å². The van der Waals surface area contributed by atoms with E-state index in [0.29, 0.717) is 35.2 Å². The van der Waals surface area contributed by atoms with Gasteiger partial charge in [-0.15, -0.1) is 0 Å². The van der Waals surface area contributed by atoms with Crippen LogP contribution in [0.2, 0.25) is 0 Å². The van der Waals surface area contributed by atoms with Gasteiger partial charge in [0.2, 0.25) is 5.91 Å². The molecule has 2 N–H and O–H groups in total. The van der Waals surface area contributed by atoms with E-state index in [2.05, 4.69) is 20.6 Å². The standard InChI is InChI=1S/C22H22F2N4O2/c1-14-9-17(10-20(26-14)22(3,23)24)28-18-11-21(27-15(2)29)25-12-19(18)30-13-16-7-5-4-6-8-16/h4-12H,13H2,1-3H3,(H2,25,26,27,28,29). The molecule has 0 radical (unpaired) electrons. The normalized spacial score (nSPS) is 11.1. The predicted molar refractivity (Wildman–Crippen MR) is 111 cm³/mol. The molecular formula is C22H22F2N4O2. The fourth-order valence-electron chi connectivity index (χ4n) is 2.76. The Hall–Kier alpha value is -3.55. The van der Waals surface area contributed by atoms with Crippen molar-refractivity contribution >= 4 is 23.1 Å². The van der Waals surface area contributed by atoms with Gasteiger partial charge in [0.1, 0.15) is 18.1 Å². The number of aryl methyl sites for hydroxylation is 1. The van der Waals surface area contributed by atoms with Crippen LogP contribution in [0.1, 0.15) is 30.8 Å². The first-order chi connectivity index (χ1) is 14.2. The molecule has 2 aromatic heterocycles. The number of hydrogen-bond acceptors (Lipinski definition) is 5. The Morgan fingerprint density at radius 1 is 1.17 bits per heavy atom. The summed E-state index contributed by atoms with van der Waals surface area (Å²) in [6.07, 6.45) is 1.47. The number of ether oxygens (including phenoxy) is 1. The predicted octanol–water partition coefficient (Wildman–Crippen LogP) is 5.18. The van der Waals surface area contributed by atoms with Crippen molar-refractivity contribution in [2.45, 2.75) is 33.3 Å². The molecule has 0 bridgehead atoms. The molecule has 8 heteroatoms. The van der Waals surface area contributed by atoms with Gasteiger partial charge >= 0.3 is 0 Å². The third-order valence-electron chi connectivity index (χ3n) is 4.09. The molecule has 0 atom stereocenters. The largest absolute Gasteiger partial charge is 0.485 e. The van der Waals surface area contributed by atoms with Gasteiger partial charge in [-0.1, -0.05) is 30.3 Å². The quantitative estimate of drug-likeness (QED) is 0.559. The van der Waals surface area contributed by atoms with Crippen molar-refractivity contribution in [3.63, 3.8) is 0 Å². The number of carbonyl (C=O) groups excluding carboxylic acids is 1. The number of rotatable bonds is 7. The fraction of sp³-hybridized carbons (Fsp3) is 0.227. The molecule has 0 aliphatic carbocycles. The van der Waals surface area contributed by atoms with E-state index in [1.807, 2.05) is 30.3 Å². The van der Waals surface area contributed by atoms with E-state index in [4.69, 9.17) is 4.74 Å². The monoisotopic (exact) mass is 412 g/mol. The van der Waals surface area contributed by atoms with Gasteiger partial charge in [0, 0.05) is 31.3 Å². The average Bonchev–Trinajstić information content (AvgIpc) is 2.66. The number of nitrogens with one attached hydrogen (secondary N) is 2. The maximum Gasteiger partial charge on any atom is 0.287 e. The highest BCUT2D eigenvalue weighted by Crippen LogP contribution is 2.33. The lowest BCUT2D eigenvalue weighted by Gasteiger charge is -2.17. The lowest BCUT2D eigenvalue weighted by Crippen LogP contribution is -2.11. The molecule has 0 aliphatic rings. The van der Waals surface area contributed by atoms with Crippen molar-refractivity contribution in [2.24, 2.45) is 0 Å². The van der Waals surface area contributed by atoms with Crippen LogP contribution in [0.5, 0.6) is 5.75 Å². The molecule has 3 rings (SSSR count). The van der Waals surface area contributed by atoms with E-state index in [9.17, 15) is 13.6 Å². The number of aromatic nitrogens is 2. The van der Waals surface area contributed by atoms with Gasteiger partial charge in [-0.25, -0.2) is 4.98 Å². The molecule has 2 heterocycles. The van der Waals surface area contributed by atoms with Gasteiger partial charge in [0.15, 0.2) is 5.75 Å². The van der Waals surface area contributed by atoms with Gasteiger partial charge in [-0.2, -0.15) is 8.78 Å². The number of benzene rings is 1. The topological polar surface area (TPSA) is 76.1 Å². The van der Waals surface area contributed by atoms with E-state index in [1.165, 1.54) is 19.2 Å². The Bertz CT molecular complexity index is 1040. The number of hydrogen-bond donors (Lipinski definition) is 2. The third-order valence-corrected chi connectivity index (χ3v) is 4.09. The molecule has 0 fully saturated rings. The average molecular weight is 412 g/mol. The Morgan fingerprint density at radius 2 is 1.90 bits per heavy atom. The Kier molecular flexibility index (Phi) is 6.25. The number of pyridine rings is 2. The van der Waals surface area contributed by atoms with Crippen LogP contribution in [0.4, 0.5) is 26.0 Å². The number of nitrogens with zero attached hydrogens (tertiary/aromatic N) is 2. The van der Waals surface area contributed by atoms with Gasteiger partial charge < -0.3 is 15.4 Å². The minimum absolute atomic E-state index is 0.279. The van der Waals surface area contributed by atoms with Crippen molar-refractivity contribution < 1.29 is 18.3 Å². The van der Waals surface area contributed by atoms with E-state index >= 15 is 0 Å². The van der Waals surface area contributed by atoms with E-state index in [0.717, 1.165) is 12.5 Å². The summed E-state index contributed by atoms with van der Waals surface area (Å²) in [6.45, 7) is 4.11. The molecular weight excluding hydrogens is 390 g/mol. The summed E-state index contributed by atoms with van der Waals surface area (Å²) in [5.74, 6) is -2.63. The Balaban J connectivity index is 1.92. The van der Waals surface area contributed by atoms with E-state index < -0.39 is 5.92 Å². The van der Waals surface area contributed by atoms with Crippen molar-refractivity contribution in [1.29, 1.82) is 0 Å². The molecule has 1 aromatic carbocycles. The van der Waals surface area contributed by atoms with Gasteiger partial charge in [-0.05, 0) is 24.6 Å². The summed E-state index contributed by atoms with van der Waals surface area (Å²) in [5, 5.41) is 5.69. The first-order valence-electron chi connectivity index (χ1n) is 9.29. The van der Waals surface area contributed by atoms with Crippen LogP contribution in [0.15, 0.2) is 54.7 Å². The second-order valence-corrected chi connectivity index (χ2v) is 6.92. The molecule has 0 saturated heterocycles. The summed E-state index contributed by atoms with van der Waals surface area (Å²) in [4.78, 5) is 19.5. The molecule has 0 saturated carbocycles. The summed E-state index contributed by atoms with van der Waals surface area (Å²) in [5.41, 5.74) is 1.96. The van der Waals surface area contributed by atoms with Crippen molar-refractivity contribution in [3.8, 4) is 5.75 Å². The first-order valence-corrected chi connectivity index (χ1v) is 9.29. The second kappa shape index (κ2) is 8.86. The second-order valence-electron chi connectivity index (χ2n) is 6.92. The molecule has 6 nitrogen and oxygen atoms in total. The first kappa shape index (κ1) is 21.2. The number of carbonyl (C=O) groups is 1. The number of alkyl halides is 2. The molecule has 30 heavy (non-hydrogen) atoms. The SMILES string of the molecule is CC(=O)Nc1cc(Nc2cc(C)nc(C(C)(F)F)c2)c(OCc2ccccc2)cn1. The zero-order valence-corrected chi connectivity index (χ0v) is 16.9.